The molecule has 3 heteroatoms. The predicted molar refractivity (Wildman–Crippen MR) is 81.4 cm³/mol. The third-order valence-electron chi connectivity index (χ3n) is 3.01. The minimum atomic E-state index is 0.768. The molecule has 0 aromatic carbocycles. The van der Waals surface area contributed by atoms with Crippen molar-refractivity contribution in [2.45, 2.75) is 58.3 Å². The first kappa shape index (κ1) is 17.2. The normalized spacial score (nSPS) is 10.3. The summed E-state index contributed by atoms with van der Waals surface area (Å²) in [5.74, 6) is 0. The molecule has 0 aromatic rings. The van der Waals surface area contributed by atoms with Crippen LogP contribution in [0.1, 0.15) is 58.3 Å². The zero-order chi connectivity index (χ0) is 13.6. The second-order valence-electron chi connectivity index (χ2n) is 5.04. The maximum absolute atomic E-state index is 7.33. The van der Waals surface area contributed by atoms with E-state index in [9.17, 15) is 0 Å². The first-order valence-electron chi connectivity index (χ1n) is 7.27. The average molecular weight is 253 g/mol. The summed E-state index contributed by atoms with van der Waals surface area (Å²) < 4.78 is 0. The Hall–Kier alpha value is -0.830. The Morgan fingerprint density at radius 2 is 1.61 bits per heavy atom. The van der Waals surface area contributed by atoms with E-state index in [1.54, 1.807) is 0 Å². The maximum Gasteiger partial charge on any atom is 0.0147 e. The zero-order valence-corrected chi connectivity index (χ0v) is 12.3. The Labute approximate surface area is 113 Å². The molecule has 3 N–H and O–H groups in total. The van der Waals surface area contributed by atoms with E-state index in [1.165, 1.54) is 32.1 Å². The quantitative estimate of drug-likeness (QED) is 0.348. The van der Waals surface area contributed by atoms with Crippen LogP contribution < -0.4 is 10.6 Å². The van der Waals surface area contributed by atoms with Crippen molar-refractivity contribution >= 4 is 5.71 Å². The molecular weight excluding hydrogens is 222 g/mol. The average Bonchev–Trinajstić information content (AvgIpc) is 2.33. The molecule has 0 saturated heterocycles. The van der Waals surface area contributed by atoms with Crippen molar-refractivity contribution in [1.29, 1.82) is 5.41 Å². The van der Waals surface area contributed by atoms with Crippen LogP contribution in [-0.4, -0.2) is 25.8 Å². The lowest BCUT2D eigenvalue weighted by atomic mass is 10.1. The maximum atomic E-state index is 7.33. The second kappa shape index (κ2) is 12.6. The van der Waals surface area contributed by atoms with Crippen molar-refractivity contribution in [3.8, 4) is 0 Å². The molecule has 0 bridgehead atoms. The lowest BCUT2D eigenvalue weighted by molar-refractivity contribution is 0.586. The van der Waals surface area contributed by atoms with Crippen LogP contribution in [0.5, 0.6) is 0 Å². The number of hydrogen-bond acceptors (Lipinski definition) is 3. The number of rotatable bonds is 13. The Balaban J connectivity index is 3.19. The van der Waals surface area contributed by atoms with Gasteiger partial charge in [0.15, 0.2) is 0 Å². The van der Waals surface area contributed by atoms with Crippen LogP contribution >= 0.6 is 0 Å². The van der Waals surface area contributed by atoms with Crippen molar-refractivity contribution in [2.24, 2.45) is 0 Å². The molecule has 0 atom stereocenters. The van der Waals surface area contributed by atoms with Gasteiger partial charge in [-0.05, 0) is 52.6 Å². The summed E-state index contributed by atoms with van der Waals surface area (Å²) in [6.07, 6.45) is 9.54. The zero-order valence-electron chi connectivity index (χ0n) is 12.3. The fraction of sp³-hybridized carbons (Fsp3) is 0.800. The van der Waals surface area contributed by atoms with Crippen LogP contribution in [-0.2, 0) is 0 Å². The van der Waals surface area contributed by atoms with Crippen molar-refractivity contribution in [2.75, 3.05) is 20.1 Å². The summed E-state index contributed by atoms with van der Waals surface area (Å²) in [7, 11) is 2.01. The Morgan fingerprint density at radius 3 is 2.28 bits per heavy atom. The Kier molecular flexibility index (Phi) is 12.0. The molecule has 0 aliphatic rings. The molecular formula is C15H31N3. The first-order chi connectivity index (χ1) is 8.66. The highest BCUT2D eigenvalue weighted by molar-refractivity contribution is 5.78. The molecule has 0 rings (SSSR count). The van der Waals surface area contributed by atoms with E-state index < -0.39 is 0 Å². The van der Waals surface area contributed by atoms with E-state index in [-0.39, 0.29) is 0 Å². The van der Waals surface area contributed by atoms with Crippen LogP contribution in [0.2, 0.25) is 0 Å². The molecule has 0 amide bonds. The van der Waals surface area contributed by atoms with Crippen LogP contribution in [0.4, 0.5) is 0 Å². The highest BCUT2D eigenvalue weighted by Crippen LogP contribution is 2.08. The second-order valence-corrected chi connectivity index (χ2v) is 5.04. The molecule has 0 heterocycles. The number of allylic oxidation sites excluding steroid dienone is 1. The SMILES string of the molecule is C=C(CCCCCCCNC)NCCCC(C)=N. The van der Waals surface area contributed by atoms with Crippen LogP contribution in [0, 0.1) is 5.41 Å². The summed E-state index contributed by atoms with van der Waals surface area (Å²) >= 11 is 0. The highest BCUT2D eigenvalue weighted by atomic mass is 14.9. The van der Waals surface area contributed by atoms with Crippen molar-refractivity contribution in [3.63, 3.8) is 0 Å². The van der Waals surface area contributed by atoms with Gasteiger partial charge >= 0.3 is 0 Å². The first-order valence-corrected chi connectivity index (χ1v) is 7.27. The third kappa shape index (κ3) is 13.2. The van der Waals surface area contributed by atoms with E-state index >= 15 is 0 Å². The molecule has 0 unspecified atom stereocenters. The van der Waals surface area contributed by atoms with Gasteiger partial charge < -0.3 is 16.0 Å². The summed E-state index contributed by atoms with van der Waals surface area (Å²) in [6.45, 7) is 8.00. The summed E-state index contributed by atoms with van der Waals surface area (Å²) in [5.41, 5.74) is 1.93. The van der Waals surface area contributed by atoms with Crippen LogP contribution in [0.15, 0.2) is 12.3 Å². The van der Waals surface area contributed by atoms with Gasteiger partial charge in [0.25, 0.3) is 0 Å². The van der Waals surface area contributed by atoms with Gasteiger partial charge in [0.2, 0.25) is 0 Å². The van der Waals surface area contributed by atoms with E-state index in [0.29, 0.717) is 0 Å². The number of unbranched alkanes of at least 4 members (excludes halogenated alkanes) is 4. The fourth-order valence-corrected chi connectivity index (χ4v) is 1.88. The molecule has 0 aliphatic carbocycles. The standard InChI is InChI=1S/C15H31N3/c1-14(16)10-9-13-18-15(2)11-7-5-4-6-8-12-17-3/h16-18H,2,4-13H2,1,3H3. The number of nitrogens with one attached hydrogen (secondary N) is 3. The van der Waals surface area contributed by atoms with Gasteiger partial charge in [-0.3, -0.25) is 0 Å². The predicted octanol–water partition coefficient (Wildman–Crippen LogP) is 3.47. The van der Waals surface area contributed by atoms with Crippen molar-refractivity contribution in [3.05, 3.63) is 12.3 Å². The summed E-state index contributed by atoms with van der Waals surface area (Å²) in [6, 6.07) is 0. The molecule has 0 saturated carbocycles. The van der Waals surface area contributed by atoms with Gasteiger partial charge in [0, 0.05) is 18.0 Å². The van der Waals surface area contributed by atoms with Gasteiger partial charge in [0.05, 0.1) is 0 Å². The van der Waals surface area contributed by atoms with Crippen LogP contribution in [0.25, 0.3) is 0 Å². The van der Waals surface area contributed by atoms with Gasteiger partial charge in [-0.15, -0.1) is 0 Å². The fourth-order valence-electron chi connectivity index (χ4n) is 1.88. The largest absolute Gasteiger partial charge is 0.389 e. The van der Waals surface area contributed by atoms with E-state index in [2.05, 4.69) is 17.2 Å². The van der Waals surface area contributed by atoms with Gasteiger partial charge in [-0.25, -0.2) is 0 Å². The summed E-state index contributed by atoms with van der Waals surface area (Å²) in [5, 5.41) is 13.9. The highest BCUT2D eigenvalue weighted by Gasteiger charge is 1.95. The lowest BCUT2D eigenvalue weighted by Gasteiger charge is -2.09. The number of hydrogen-bond donors (Lipinski definition) is 3. The summed E-state index contributed by atoms with van der Waals surface area (Å²) in [4.78, 5) is 0. The molecule has 18 heavy (non-hydrogen) atoms. The molecule has 0 aliphatic heterocycles. The molecule has 0 spiro atoms. The Bertz CT molecular complexity index is 224. The molecule has 0 aromatic heterocycles. The smallest absolute Gasteiger partial charge is 0.0147 e. The third-order valence-corrected chi connectivity index (χ3v) is 3.01. The van der Waals surface area contributed by atoms with Gasteiger partial charge in [-0.2, -0.15) is 0 Å². The minimum absolute atomic E-state index is 0.768. The molecule has 0 radical (unpaired) electrons. The van der Waals surface area contributed by atoms with Gasteiger partial charge in [0.1, 0.15) is 0 Å². The minimum Gasteiger partial charge on any atom is -0.389 e. The lowest BCUT2D eigenvalue weighted by Crippen LogP contribution is -2.14. The van der Waals surface area contributed by atoms with E-state index in [1.807, 2.05) is 14.0 Å². The topological polar surface area (TPSA) is 47.9 Å². The van der Waals surface area contributed by atoms with Crippen molar-refractivity contribution in [1.82, 2.24) is 10.6 Å². The van der Waals surface area contributed by atoms with Gasteiger partial charge in [-0.1, -0.05) is 25.8 Å². The van der Waals surface area contributed by atoms with E-state index in [4.69, 9.17) is 5.41 Å². The Morgan fingerprint density at radius 1 is 0.944 bits per heavy atom. The molecule has 3 nitrogen and oxygen atoms in total. The molecule has 0 fully saturated rings. The van der Waals surface area contributed by atoms with E-state index in [0.717, 1.165) is 43.8 Å². The molecule has 106 valence electrons. The monoisotopic (exact) mass is 253 g/mol. The van der Waals surface area contributed by atoms with Crippen molar-refractivity contribution < 1.29 is 0 Å². The van der Waals surface area contributed by atoms with Crippen LogP contribution in [0.3, 0.4) is 0 Å².